The van der Waals surface area contributed by atoms with E-state index in [1.54, 1.807) is 0 Å². The van der Waals surface area contributed by atoms with Crippen LogP contribution in [-0.4, -0.2) is 16.7 Å². The van der Waals surface area contributed by atoms with Crippen LogP contribution in [0.15, 0.2) is 24.3 Å². The normalized spacial score (nSPS) is 13.2. The van der Waals surface area contributed by atoms with Crippen LogP contribution in [0, 0.1) is 6.92 Å². The van der Waals surface area contributed by atoms with Gasteiger partial charge in [-0.1, -0.05) is 24.3 Å². The molecule has 0 radical (unpaired) electrons. The van der Waals surface area contributed by atoms with E-state index in [2.05, 4.69) is 0 Å². The first-order chi connectivity index (χ1) is 7.79. The third-order valence-electron chi connectivity index (χ3n) is 2.33. The third kappa shape index (κ3) is 4.57. The lowest BCUT2D eigenvalue weighted by Crippen LogP contribution is -2.25. The van der Waals surface area contributed by atoms with E-state index in [-0.39, 0.29) is 12.4 Å². The molecule has 0 aliphatic carbocycles. The van der Waals surface area contributed by atoms with Crippen molar-refractivity contribution >= 4 is 5.97 Å². The Morgan fingerprint density at radius 2 is 1.94 bits per heavy atom. The van der Waals surface area contributed by atoms with Crippen molar-refractivity contribution in [2.45, 2.75) is 45.8 Å². The number of rotatable bonds is 3. The summed E-state index contributed by atoms with van der Waals surface area (Å²) in [6.45, 7) is 7.34. The largest absolute Gasteiger partial charge is 0.460 e. The van der Waals surface area contributed by atoms with Crippen molar-refractivity contribution in [3.05, 3.63) is 35.4 Å². The molecule has 0 aliphatic rings. The summed E-state index contributed by atoms with van der Waals surface area (Å²) >= 11 is 0. The van der Waals surface area contributed by atoms with Crippen molar-refractivity contribution in [1.29, 1.82) is 0 Å². The van der Waals surface area contributed by atoms with Crippen LogP contribution in [0.25, 0.3) is 0 Å². The van der Waals surface area contributed by atoms with Gasteiger partial charge in [0.2, 0.25) is 0 Å². The van der Waals surface area contributed by atoms with Gasteiger partial charge in [0, 0.05) is 0 Å². The predicted octanol–water partition coefficient (Wildman–Crippen LogP) is 2.76. The number of carbonyl (C=O) groups is 1. The van der Waals surface area contributed by atoms with Gasteiger partial charge in [-0.15, -0.1) is 0 Å². The number of ether oxygens (including phenoxy) is 1. The molecule has 3 heteroatoms. The zero-order valence-corrected chi connectivity index (χ0v) is 10.9. The van der Waals surface area contributed by atoms with Crippen LogP contribution in [0.3, 0.4) is 0 Å². The molecule has 94 valence electrons. The van der Waals surface area contributed by atoms with Gasteiger partial charge in [0.1, 0.15) is 5.60 Å². The molecule has 0 bridgehead atoms. The smallest absolute Gasteiger partial charge is 0.309 e. The monoisotopic (exact) mass is 236 g/mol. The molecular formula is C14H20O3. The van der Waals surface area contributed by atoms with Crippen LogP contribution in [0.4, 0.5) is 0 Å². The molecule has 1 aromatic rings. The molecule has 0 saturated heterocycles. The van der Waals surface area contributed by atoms with Crippen LogP contribution < -0.4 is 0 Å². The summed E-state index contributed by atoms with van der Waals surface area (Å²) in [4.78, 5) is 11.6. The Bertz CT molecular complexity index is 391. The van der Waals surface area contributed by atoms with Crippen LogP contribution in [-0.2, 0) is 9.53 Å². The van der Waals surface area contributed by atoms with Gasteiger partial charge in [-0.2, -0.15) is 0 Å². The van der Waals surface area contributed by atoms with Crippen molar-refractivity contribution in [3.63, 3.8) is 0 Å². The second kappa shape index (κ2) is 5.32. The van der Waals surface area contributed by atoms with E-state index in [0.717, 1.165) is 11.1 Å². The topological polar surface area (TPSA) is 46.5 Å². The van der Waals surface area contributed by atoms with Gasteiger partial charge in [-0.3, -0.25) is 4.79 Å². The quantitative estimate of drug-likeness (QED) is 0.821. The molecule has 1 atom stereocenters. The summed E-state index contributed by atoms with van der Waals surface area (Å²) in [6.07, 6.45) is -0.812. The van der Waals surface area contributed by atoms with E-state index in [0.29, 0.717) is 0 Å². The lowest BCUT2D eigenvalue weighted by Gasteiger charge is -2.21. The van der Waals surface area contributed by atoms with E-state index < -0.39 is 11.7 Å². The summed E-state index contributed by atoms with van der Waals surface area (Å²) in [5.41, 5.74) is 1.24. The zero-order chi connectivity index (χ0) is 13.1. The van der Waals surface area contributed by atoms with Gasteiger partial charge in [-0.05, 0) is 38.8 Å². The molecule has 0 saturated carbocycles. The fraction of sp³-hybridized carbons (Fsp3) is 0.500. The Morgan fingerprint density at radius 3 is 2.47 bits per heavy atom. The predicted molar refractivity (Wildman–Crippen MR) is 66.6 cm³/mol. The molecule has 0 amide bonds. The Morgan fingerprint density at radius 1 is 1.35 bits per heavy atom. The number of hydrogen-bond acceptors (Lipinski definition) is 3. The average molecular weight is 236 g/mol. The summed E-state index contributed by atoms with van der Waals surface area (Å²) in [7, 11) is 0. The van der Waals surface area contributed by atoms with Crippen LogP contribution in [0.2, 0.25) is 0 Å². The minimum Gasteiger partial charge on any atom is -0.460 e. The maximum atomic E-state index is 11.6. The van der Waals surface area contributed by atoms with Crippen LogP contribution in [0.5, 0.6) is 0 Å². The summed E-state index contributed by atoms with van der Waals surface area (Å²) in [6, 6.07) is 7.48. The molecule has 0 unspecified atom stereocenters. The molecule has 17 heavy (non-hydrogen) atoms. The van der Waals surface area contributed by atoms with Crippen molar-refractivity contribution in [2.75, 3.05) is 0 Å². The number of benzene rings is 1. The average Bonchev–Trinajstić information content (AvgIpc) is 2.14. The van der Waals surface area contributed by atoms with Gasteiger partial charge >= 0.3 is 5.97 Å². The highest BCUT2D eigenvalue weighted by molar-refractivity contribution is 5.70. The van der Waals surface area contributed by atoms with Crippen molar-refractivity contribution in [1.82, 2.24) is 0 Å². The molecule has 1 aromatic carbocycles. The maximum Gasteiger partial charge on any atom is 0.309 e. The Balaban J connectivity index is 2.64. The van der Waals surface area contributed by atoms with E-state index in [4.69, 9.17) is 4.74 Å². The van der Waals surface area contributed by atoms with Crippen molar-refractivity contribution in [3.8, 4) is 0 Å². The zero-order valence-electron chi connectivity index (χ0n) is 10.9. The lowest BCUT2D eigenvalue weighted by atomic mass is 10.0. The molecule has 0 fully saturated rings. The molecule has 0 aliphatic heterocycles. The van der Waals surface area contributed by atoms with E-state index in [1.165, 1.54) is 0 Å². The van der Waals surface area contributed by atoms with E-state index in [9.17, 15) is 9.90 Å². The van der Waals surface area contributed by atoms with Crippen molar-refractivity contribution in [2.24, 2.45) is 0 Å². The molecule has 3 nitrogen and oxygen atoms in total. The Hall–Kier alpha value is -1.35. The number of carbonyl (C=O) groups excluding carboxylic acids is 1. The highest BCUT2D eigenvalue weighted by Crippen LogP contribution is 2.21. The molecule has 0 spiro atoms. The highest BCUT2D eigenvalue weighted by Gasteiger charge is 2.20. The Labute approximate surface area is 102 Å². The maximum absolute atomic E-state index is 11.6. The molecule has 0 heterocycles. The van der Waals surface area contributed by atoms with Crippen molar-refractivity contribution < 1.29 is 14.6 Å². The molecular weight excluding hydrogens is 216 g/mol. The minimum atomic E-state index is -0.800. The minimum absolute atomic E-state index is 0.0118. The third-order valence-corrected chi connectivity index (χ3v) is 2.33. The van der Waals surface area contributed by atoms with Gasteiger partial charge in [0.15, 0.2) is 0 Å². The fourth-order valence-electron chi connectivity index (χ4n) is 1.61. The van der Waals surface area contributed by atoms with Gasteiger partial charge < -0.3 is 9.84 Å². The standard InChI is InChI=1S/C14H20O3/c1-10-7-5-6-8-11(10)12(15)9-13(16)17-14(2,3)4/h5-8,12,15H,9H2,1-4H3/t12-/m0/s1. The van der Waals surface area contributed by atoms with E-state index in [1.807, 2.05) is 52.0 Å². The van der Waals surface area contributed by atoms with Gasteiger partial charge in [0.25, 0.3) is 0 Å². The first-order valence-electron chi connectivity index (χ1n) is 5.75. The number of hydrogen-bond donors (Lipinski definition) is 1. The van der Waals surface area contributed by atoms with Crippen LogP contribution >= 0.6 is 0 Å². The number of aliphatic hydroxyl groups is 1. The molecule has 1 rings (SSSR count). The molecule has 1 N–H and O–H groups in total. The van der Waals surface area contributed by atoms with Gasteiger partial charge in [0.05, 0.1) is 12.5 Å². The summed E-state index contributed by atoms with van der Waals surface area (Å²) in [5.74, 6) is -0.381. The summed E-state index contributed by atoms with van der Waals surface area (Å²) < 4.78 is 5.17. The van der Waals surface area contributed by atoms with Crippen LogP contribution in [0.1, 0.15) is 44.4 Å². The Kier molecular flexibility index (Phi) is 4.29. The first kappa shape index (κ1) is 13.7. The van der Waals surface area contributed by atoms with E-state index >= 15 is 0 Å². The SMILES string of the molecule is Cc1ccccc1[C@@H](O)CC(=O)OC(C)(C)C. The fourth-order valence-corrected chi connectivity index (χ4v) is 1.61. The lowest BCUT2D eigenvalue weighted by molar-refractivity contribution is -0.157. The first-order valence-corrected chi connectivity index (χ1v) is 5.75. The molecule has 0 aromatic heterocycles. The summed E-state index contributed by atoms with van der Waals surface area (Å²) in [5, 5.41) is 9.97. The second-order valence-electron chi connectivity index (χ2n) is 5.16. The second-order valence-corrected chi connectivity index (χ2v) is 5.16. The van der Waals surface area contributed by atoms with Gasteiger partial charge in [-0.25, -0.2) is 0 Å². The number of esters is 1. The highest BCUT2D eigenvalue weighted by atomic mass is 16.6. The number of aliphatic hydroxyl groups excluding tert-OH is 1. The number of aryl methyl sites for hydroxylation is 1.